The van der Waals surface area contributed by atoms with E-state index in [9.17, 15) is 22.0 Å². The van der Waals surface area contributed by atoms with Crippen molar-refractivity contribution in [1.29, 1.82) is 0 Å². The lowest BCUT2D eigenvalue weighted by atomic mass is 10.3. The fourth-order valence-corrected chi connectivity index (χ4v) is 3.21. The zero-order chi connectivity index (χ0) is 18.6. The fourth-order valence-electron chi connectivity index (χ4n) is 1.82. The molecule has 25 heavy (non-hydrogen) atoms. The summed E-state index contributed by atoms with van der Waals surface area (Å²) in [7, 11) is -3.20. The van der Waals surface area contributed by atoms with Crippen molar-refractivity contribution in [1.82, 2.24) is 0 Å². The molecule has 0 aliphatic rings. The summed E-state index contributed by atoms with van der Waals surface area (Å²) in [6, 6.07) is 8.02. The van der Waals surface area contributed by atoms with Crippen LogP contribution in [0.15, 0.2) is 58.5 Å². The third kappa shape index (κ3) is 4.34. The van der Waals surface area contributed by atoms with Crippen LogP contribution in [-0.2, 0) is 19.4 Å². The second-order valence-electron chi connectivity index (χ2n) is 4.73. The number of anilines is 1. The van der Waals surface area contributed by atoms with Crippen molar-refractivity contribution in [3.8, 4) is 0 Å². The first-order valence-corrected chi connectivity index (χ1v) is 8.62. The van der Waals surface area contributed by atoms with Crippen LogP contribution in [0.3, 0.4) is 0 Å². The average Bonchev–Trinajstić information content (AvgIpc) is 2.58. The average molecular weight is 388 g/mol. The molecule has 0 atom stereocenters. The molecule has 0 aliphatic heterocycles. The Balaban J connectivity index is 2.42. The topological polar surface area (TPSA) is 72.5 Å². The molecule has 0 amide bonds. The molecule has 0 aromatic heterocycles. The molecule has 2 aromatic carbocycles. The molecule has 1 N–H and O–H groups in total. The third-order valence-electron chi connectivity index (χ3n) is 3.09. The van der Waals surface area contributed by atoms with Crippen LogP contribution in [0.25, 0.3) is 0 Å². The highest BCUT2D eigenvalue weighted by Gasteiger charge is 2.28. The van der Waals surface area contributed by atoms with E-state index in [1.54, 1.807) is 0 Å². The summed E-state index contributed by atoms with van der Waals surface area (Å²) in [5, 5.41) is 2.76. The van der Waals surface area contributed by atoms with E-state index in [0.29, 0.717) is 5.02 Å². The maximum absolute atomic E-state index is 13.2. The molecule has 2 rings (SSSR count). The quantitative estimate of drug-likeness (QED) is 0.627. The van der Waals surface area contributed by atoms with Gasteiger partial charge in [0.15, 0.2) is 16.5 Å². The molecular weight excluding hydrogens is 376 g/mol. The van der Waals surface area contributed by atoms with Crippen LogP contribution in [0, 0.1) is 11.6 Å². The minimum absolute atomic E-state index is 0.0478. The lowest BCUT2D eigenvalue weighted by Crippen LogP contribution is -2.17. The Labute approximate surface area is 147 Å². The van der Waals surface area contributed by atoms with Crippen LogP contribution in [0.1, 0.15) is 0 Å². The molecule has 0 radical (unpaired) electrons. The normalized spacial score (nSPS) is 11.9. The van der Waals surface area contributed by atoms with Gasteiger partial charge in [0.25, 0.3) is 0 Å². The lowest BCUT2D eigenvalue weighted by molar-refractivity contribution is -0.135. The summed E-state index contributed by atoms with van der Waals surface area (Å²) in [6.07, 6.45) is 0.850. The summed E-state index contributed by atoms with van der Waals surface area (Å²) in [4.78, 5) is 11.0. The van der Waals surface area contributed by atoms with Gasteiger partial charge in [0.05, 0.1) is 12.0 Å². The summed E-state index contributed by atoms with van der Waals surface area (Å²) < 4.78 is 55.8. The SMILES string of the molecule is COC(=O)/C(=C/Nc1ccc(F)c(F)c1)S(=O)(=O)c1ccc(Cl)cc1. The first-order chi connectivity index (χ1) is 11.8. The molecule has 0 heterocycles. The molecule has 0 aliphatic carbocycles. The number of halogens is 3. The second-order valence-corrected chi connectivity index (χ2v) is 7.09. The predicted octanol–water partition coefficient (Wildman–Crippen LogP) is 3.52. The Kier molecular flexibility index (Phi) is 5.76. The number of methoxy groups -OCH3 is 1. The van der Waals surface area contributed by atoms with E-state index in [1.807, 2.05) is 0 Å². The number of hydrogen-bond acceptors (Lipinski definition) is 5. The number of esters is 1. The first kappa shape index (κ1) is 18.9. The van der Waals surface area contributed by atoms with E-state index in [4.69, 9.17) is 11.6 Å². The highest BCUT2D eigenvalue weighted by molar-refractivity contribution is 7.96. The van der Waals surface area contributed by atoms with Gasteiger partial charge in [-0.3, -0.25) is 0 Å². The van der Waals surface area contributed by atoms with Crippen molar-refractivity contribution in [3.63, 3.8) is 0 Å². The van der Waals surface area contributed by atoms with Crippen LogP contribution < -0.4 is 5.32 Å². The summed E-state index contributed by atoms with van der Waals surface area (Å²) in [5.41, 5.74) is 0.0478. The van der Waals surface area contributed by atoms with E-state index in [1.165, 1.54) is 30.3 Å². The van der Waals surface area contributed by atoms with Crippen molar-refractivity contribution in [2.24, 2.45) is 0 Å². The fraction of sp³-hybridized carbons (Fsp3) is 0.0625. The van der Waals surface area contributed by atoms with Crippen LogP contribution in [-0.4, -0.2) is 21.5 Å². The summed E-state index contributed by atoms with van der Waals surface area (Å²) >= 11 is 5.72. The van der Waals surface area contributed by atoms with E-state index >= 15 is 0 Å². The maximum Gasteiger partial charge on any atom is 0.351 e. The van der Waals surface area contributed by atoms with Gasteiger partial charge in [0.1, 0.15) is 0 Å². The van der Waals surface area contributed by atoms with Gasteiger partial charge in [0.2, 0.25) is 9.84 Å². The smallest absolute Gasteiger partial charge is 0.351 e. The molecule has 0 fully saturated rings. The predicted molar refractivity (Wildman–Crippen MR) is 88.7 cm³/mol. The molecule has 2 aromatic rings. The van der Waals surface area contributed by atoms with E-state index in [2.05, 4.69) is 10.1 Å². The first-order valence-electron chi connectivity index (χ1n) is 6.76. The number of carbonyl (C=O) groups excluding carboxylic acids is 1. The van der Waals surface area contributed by atoms with Gasteiger partial charge < -0.3 is 10.1 Å². The molecule has 0 saturated heterocycles. The largest absolute Gasteiger partial charge is 0.465 e. The molecule has 0 saturated carbocycles. The minimum atomic E-state index is -4.22. The van der Waals surface area contributed by atoms with Gasteiger partial charge in [-0.1, -0.05) is 11.6 Å². The lowest BCUT2D eigenvalue weighted by Gasteiger charge is -2.09. The molecule has 0 unspecified atom stereocenters. The summed E-state index contributed by atoms with van der Waals surface area (Å²) in [5.74, 6) is -3.31. The number of benzene rings is 2. The number of rotatable bonds is 5. The Morgan fingerprint density at radius 2 is 1.76 bits per heavy atom. The molecule has 5 nitrogen and oxygen atoms in total. The van der Waals surface area contributed by atoms with E-state index in [0.717, 1.165) is 25.4 Å². The van der Waals surface area contributed by atoms with Gasteiger partial charge in [-0.15, -0.1) is 0 Å². The Morgan fingerprint density at radius 1 is 1.12 bits per heavy atom. The van der Waals surface area contributed by atoms with Crippen molar-refractivity contribution < 1.29 is 26.7 Å². The van der Waals surface area contributed by atoms with Crippen LogP contribution >= 0.6 is 11.6 Å². The summed E-state index contributed by atoms with van der Waals surface area (Å²) in [6.45, 7) is 0. The highest BCUT2D eigenvalue weighted by Crippen LogP contribution is 2.23. The van der Waals surface area contributed by atoms with Gasteiger partial charge in [0, 0.05) is 23.0 Å². The number of nitrogens with one attached hydrogen (secondary N) is 1. The molecule has 132 valence electrons. The van der Waals surface area contributed by atoms with Crippen LogP contribution in [0.5, 0.6) is 0 Å². The van der Waals surface area contributed by atoms with Crippen molar-refractivity contribution in [2.75, 3.05) is 12.4 Å². The van der Waals surface area contributed by atoms with Gasteiger partial charge >= 0.3 is 5.97 Å². The number of carbonyl (C=O) groups is 1. The molecular formula is C16H12ClF2NO4S. The monoisotopic (exact) mass is 387 g/mol. The molecule has 0 spiro atoms. The van der Waals surface area contributed by atoms with Crippen LogP contribution in [0.2, 0.25) is 5.02 Å². The Bertz CT molecular complexity index is 928. The minimum Gasteiger partial charge on any atom is -0.465 e. The highest BCUT2D eigenvalue weighted by atomic mass is 35.5. The number of hydrogen-bond donors (Lipinski definition) is 1. The van der Waals surface area contributed by atoms with Crippen molar-refractivity contribution in [3.05, 3.63) is 70.2 Å². The number of sulfone groups is 1. The van der Waals surface area contributed by atoms with Gasteiger partial charge in [-0.2, -0.15) is 0 Å². The van der Waals surface area contributed by atoms with Crippen molar-refractivity contribution in [2.45, 2.75) is 4.90 Å². The van der Waals surface area contributed by atoms with E-state index in [-0.39, 0.29) is 10.6 Å². The third-order valence-corrected chi connectivity index (χ3v) is 5.10. The zero-order valence-electron chi connectivity index (χ0n) is 12.8. The maximum atomic E-state index is 13.2. The number of ether oxygens (including phenoxy) is 1. The van der Waals surface area contributed by atoms with Gasteiger partial charge in [-0.25, -0.2) is 22.0 Å². The van der Waals surface area contributed by atoms with Gasteiger partial charge in [-0.05, 0) is 36.4 Å². The second kappa shape index (κ2) is 7.62. The Hall–Kier alpha value is -2.45. The molecule has 0 bridgehead atoms. The molecule has 9 heteroatoms. The van der Waals surface area contributed by atoms with Crippen LogP contribution in [0.4, 0.5) is 14.5 Å². The zero-order valence-corrected chi connectivity index (χ0v) is 14.4. The Morgan fingerprint density at radius 3 is 2.32 bits per heavy atom. The van der Waals surface area contributed by atoms with E-state index < -0.39 is 32.3 Å². The van der Waals surface area contributed by atoms with Crippen molar-refractivity contribution >= 4 is 33.1 Å². The standard InChI is InChI=1S/C16H12ClF2NO4S/c1-24-16(21)15(9-20-11-4-7-13(18)14(19)8-11)25(22,23)12-5-2-10(17)3-6-12/h2-9,20H,1H3/b15-9-.